The second-order valence-corrected chi connectivity index (χ2v) is 6.35. The second kappa shape index (κ2) is 5.48. The fourth-order valence-corrected chi connectivity index (χ4v) is 4.08. The number of hydrogen-bond donors (Lipinski definition) is 1. The van der Waals surface area contributed by atoms with E-state index in [0.717, 1.165) is 38.2 Å². The molecule has 0 radical (unpaired) electrons. The number of nitrogens with one attached hydrogen (secondary N) is 1. The minimum absolute atomic E-state index is 0.274. The lowest BCUT2D eigenvalue weighted by atomic mass is 9.69. The van der Waals surface area contributed by atoms with E-state index < -0.39 is 0 Å². The van der Waals surface area contributed by atoms with Crippen molar-refractivity contribution in [2.45, 2.75) is 57.1 Å². The molecule has 3 heteroatoms. The highest BCUT2D eigenvalue weighted by molar-refractivity contribution is 4.98. The molecule has 3 unspecified atom stereocenters. The molecule has 2 aliphatic heterocycles. The van der Waals surface area contributed by atoms with Gasteiger partial charge in [-0.1, -0.05) is 6.92 Å². The van der Waals surface area contributed by atoms with Crippen molar-refractivity contribution in [3.63, 3.8) is 0 Å². The Bertz CT molecular complexity index is 272. The van der Waals surface area contributed by atoms with Crippen LogP contribution >= 0.6 is 0 Å². The lowest BCUT2D eigenvalue weighted by molar-refractivity contribution is -0.149. The summed E-state index contributed by atoms with van der Waals surface area (Å²) in [6, 6.07) is 0.652. The van der Waals surface area contributed by atoms with Crippen molar-refractivity contribution in [3.05, 3.63) is 0 Å². The minimum Gasteiger partial charge on any atom is -0.381 e. The van der Waals surface area contributed by atoms with Gasteiger partial charge < -0.3 is 14.8 Å². The van der Waals surface area contributed by atoms with Crippen LogP contribution in [-0.4, -0.2) is 38.0 Å². The van der Waals surface area contributed by atoms with Gasteiger partial charge >= 0.3 is 0 Å². The van der Waals surface area contributed by atoms with Crippen molar-refractivity contribution in [1.82, 2.24) is 5.32 Å². The van der Waals surface area contributed by atoms with Gasteiger partial charge in [0.1, 0.15) is 0 Å². The monoisotopic (exact) mass is 253 g/mol. The fourth-order valence-electron chi connectivity index (χ4n) is 4.08. The maximum absolute atomic E-state index is 6.06. The predicted molar refractivity (Wildman–Crippen MR) is 71.6 cm³/mol. The average Bonchev–Trinajstić information content (AvgIpc) is 2.88. The maximum Gasteiger partial charge on any atom is 0.0685 e. The molecule has 3 fully saturated rings. The first-order valence-corrected chi connectivity index (χ1v) is 7.78. The van der Waals surface area contributed by atoms with Crippen LogP contribution < -0.4 is 5.32 Å². The highest BCUT2D eigenvalue weighted by Crippen LogP contribution is 2.46. The molecular formula is C15H27NO2. The Morgan fingerprint density at radius 3 is 2.67 bits per heavy atom. The fraction of sp³-hybridized carbons (Fsp3) is 1.00. The van der Waals surface area contributed by atoms with E-state index in [1.807, 2.05) is 0 Å². The van der Waals surface area contributed by atoms with E-state index in [9.17, 15) is 0 Å². The van der Waals surface area contributed by atoms with E-state index in [0.29, 0.717) is 6.04 Å². The Kier molecular flexibility index (Phi) is 3.92. The second-order valence-electron chi connectivity index (χ2n) is 6.35. The molecule has 2 saturated heterocycles. The number of ether oxygens (including phenoxy) is 2. The van der Waals surface area contributed by atoms with Crippen LogP contribution in [-0.2, 0) is 9.47 Å². The Hall–Kier alpha value is -0.120. The summed E-state index contributed by atoms with van der Waals surface area (Å²) in [5, 5.41) is 3.74. The Morgan fingerprint density at radius 1 is 1.22 bits per heavy atom. The van der Waals surface area contributed by atoms with E-state index in [-0.39, 0.29) is 5.60 Å². The van der Waals surface area contributed by atoms with Crippen LogP contribution in [0, 0.1) is 11.8 Å². The maximum atomic E-state index is 6.06. The van der Waals surface area contributed by atoms with Crippen LogP contribution in [0.3, 0.4) is 0 Å². The zero-order chi connectivity index (χ0) is 12.4. The van der Waals surface area contributed by atoms with Gasteiger partial charge in [-0.05, 0) is 51.0 Å². The zero-order valence-electron chi connectivity index (χ0n) is 11.6. The SMILES string of the molecule is CCNC(C1CCOC1)C1CCOC2(CCC2)C1. The summed E-state index contributed by atoms with van der Waals surface area (Å²) in [6.45, 7) is 6.19. The normalized spacial score (nSPS) is 36.5. The molecule has 1 N–H and O–H groups in total. The molecule has 104 valence electrons. The summed E-state index contributed by atoms with van der Waals surface area (Å²) in [7, 11) is 0. The standard InChI is InChI=1S/C15H27NO2/c1-2-16-14(13-4-8-17-11-13)12-5-9-18-15(10-12)6-3-7-15/h12-14,16H,2-11H2,1H3. The Morgan fingerprint density at radius 2 is 2.06 bits per heavy atom. The molecule has 0 amide bonds. The van der Waals surface area contributed by atoms with Crippen molar-refractivity contribution in [2.24, 2.45) is 11.8 Å². The first kappa shape index (κ1) is 12.9. The van der Waals surface area contributed by atoms with Crippen LogP contribution in [0.15, 0.2) is 0 Å². The molecule has 18 heavy (non-hydrogen) atoms. The van der Waals surface area contributed by atoms with E-state index in [2.05, 4.69) is 12.2 Å². The minimum atomic E-state index is 0.274. The van der Waals surface area contributed by atoms with Gasteiger partial charge in [0.05, 0.1) is 12.2 Å². The highest BCUT2D eigenvalue weighted by atomic mass is 16.5. The van der Waals surface area contributed by atoms with Crippen LogP contribution in [0.5, 0.6) is 0 Å². The molecule has 3 nitrogen and oxygen atoms in total. The summed E-state index contributed by atoms with van der Waals surface area (Å²) in [4.78, 5) is 0. The summed E-state index contributed by atoms with van der Waals surface area (Å²) in [5.41, 5.74) is 0.274. The third-order valence-corrected chi connectivity index (χ3v) is 5.22. The van der Waals surface area contributed by atoms with E-state index >= 15 is 0 Å². The van der Waals surface area contributed by atoms with Crippen molar-refractivity contribution in [2.75, 3.05) is 26.4 Å². The molecule has 0 bridgehead atoms. The molecule has 3 aliphatic rings. The number of hydrogen-bond acceptors (Lipinski definition) is 3. The molecule has 3 rings (SSSR count). The molecular weight excluding hydrogens is 226 g/mol. The lowest BCUT2D eigenvalue weighted by Gasteiger charge is -2.49. The largest absolute Gasteiger partial charge is 0.381 e. The third-order valence-electron chi connectivity index (χ3n) is 5.22. The van der Waals surface area contributed by atoms with Crippen LogP contribution in [0.2, 0.25) is 0 Å². The Balaban J connectivity index is 1.65. The van der Waals surface area contributed by atoms with E-state index in [4.69, 9.17) is 9.47 Å². The van der Waals surface area contributed by atoms with Crippen LogP contribution in [0.1, 0.15) is 45.4 Å². The van der Waals surface area contributed by atoms with Crippen molar-refractivity contribution < 1.29 is 9.47 Å². The van der Waals surface area contributed by atoms with Crippen LogP contribution in [0.25, 0.3) is 0 Å². The Labute approximate surface area is 111 Å². The highest BCUT2D eigenvalue weighted by Gasteiger charge is 2.45. The predicted octanol–water partition coefficient (Wildman–Crippen LogP) is 2.35. The molecule has 2 heterocycles. The van der Waals surface area contributed by atoms with Gasteiger partial charge in [0.2, 0.25) is 0 Å². The molecule has 0 aromatic heterocycles. The molecule has 1 aliphatic carbocycles. The average molecular weight is 253 g/mol. The summed E-state index contributed by atoms with van der Waals surface area (Å²) in [5.74, 6) is 1.52. The van der Waals surface area contributed by atoms with E-state index in [1.165, 1.54) is 38.5 Å². The van der Waals surface area contributed by atoms with Crippen molar-refractivity contribution >= 4 is 0 Å². The molecule has 1 saturated carbocycles. The molecule has 3 atom stereocenters. The van der Waals surface area contributed by atoms with Gasteiger partial charge in [0, 0.05) is 25.2 Å². The van der Waals surface area contributed by atoms with Gasteiger partial charge in [-0.2, -0.15) is 0 Å². The summed E-state index contributed by atoms with van der Waals surface area (Å²) in [6.07, 6.45) is 7.71. The number of rotatable bonds is 4. The first-order valence-electron chi connectivity index (χ1n) is 7.78. The molecule has 0 aromatic carbocycles. The summed E-state index contributed by atoms with van der Waals surface area (Å²) >= 11 is 0. The quantitative estimate of drug-likeness (QED) is 0.834. The van der Waals surface area contributed by atoms with Crippen molar-refractivity contribution in [1.29, 1.82) is 0 Å². The van der Waals surface area contributed by atoms with Gasteiger partial charge in [0.25, 0.3) is 0 Å². The lowest BCUT2D eigenvalue weighted by Crippen LogP contribution is -2.52. The smallest absolute Gasteiger partial charge is 0.0685 e. The van der Waals surface area contributed by atoms with Gasteiger partial charge in [-0.15, -0.1) is 0 Å². The van der Waals surface area contributed by atoms with Crippen LogP contribution in [0.4, 0.5) is 0 Å². The summed E-state index contributed by atoms with van der Waals surface area (Å²) < 4.78 is 11.7. The van der Waals surface area contributed by atoms with Crippen molar-refractivity contribution in [3.8, 4) is 0 Å². The molecule has 0 aromatic rings. The third kappa shape index (κ3) is 2.45. The first-order chi connectivity index (χ1) is 8.83. The molecule has 1 spiro atoms. The van der Waals surface area contributed by atoms with E-state index in [1.54, 1.807) is 0 Å². The van der Waals surface area contributed by atoms with Gasteiger partial charge in [-0.3, -0.25) is 0 Å². The topological polar surface area (TPSA) is 30.5 Å². The van der Waals surface area contributed by atoms with Gasteiger partial charge in [-0.25, -0.2) is 0 Å². The van der Waals surface area contributed by atoms with Gasteiger partial charge in [0.15, 0.2) is 0 Å². The zero-order valence-corrected chi connectivity index (χ0v) is 11.6.